The van der Waals surface area contributed by atoms with Gasteiger partial charge in [-0.2, -0.15) is 0 Å². The maximum Gasteiger partial charge on any atom is 0.131 e. The Labute approximate surface area is 132 Å². The molecule has 4 heteroatoms. The minimum Gasteiger partial charge on any atom is -0.313 e. The van der Waals surface area contributed by atoms with Crippen LogP contribution in [0, 0.1) is 5.82 Å². The Kier molecular flexibility index (Phi) is 5.58. The summed E-state index contributed by atoms with van der Waals surface area (Å²) in [5.74, 6) is -0.271. The van der Waals surface area contributed by atoms with Gasteiger partial charge in [0.05, 0.1) is 0 Å². The maximum atomic E-state index is 13.9. The average molecular weight is 357 g/mol. The number of rotatable bonds is 5. The van der Waals surface area contributed by atoms with Crippen LogP contribution in [0.1, 0.15) is 18.9 Å². The van der Waals surface area contributed by atoms with Crippen molar-refractivity contribution in [3.05, 3.63) is 57.3 Å². The minimum absolute atomic E-state index is 0.271. The summed E-state index contributed by atoms with van der Waals surface area (Å²) in [6.07, 6.45) is 1.09. The van der Waals surface area contributed by atoms with E-state index < -0.39 is 0 Å². The molecule has 0 spiro atoms. The van der Waals surface area contributed by atoms with E-state index in [-0.39, 0.29) is 5.82 Å². The quantitative estimate of drug-likeness (QED) is 0.706. The molecule has 0 radical (unpaired) electrons. The van der Waals surface area contributed by atoms with Gasteiger partial charge in [-0.25, -0.2) is 4.39 Å². The molecule has 0 saturated carbocycles. The molecule has 2 rings (SSSR count). The van der Waals surface area contributed by atoms with Crippen molar-refractivity contribution in [2.45, 2.75) is 19.9 Å². The molecule has 0 atom stereocenters. The van der Waals surface area contributed by atoms with Gasteiger partial charge in [0.2, 0.25) is 0 Å². The first-order chi connectivity index (χ1) is 9.61. The van der Waals surface area contributed by atoms with Crippen LogP contribution in [0.5, 0.6) is 0 Å². The second kappa shape index (κ2) is 7.21. The molecule has 2 aromatic carbocycles. The second-order valence-corrected chi connectivity index (χ2v) is 5.94. The van der Waals surface area contributed by atoms with E-state index >= 15 is 0 Å². The molecule has 20 heavy (non-hydrogen) atoms. The summed E-state index contributed by atoms with van der Waals surface area (Å²) in [5, 5.41) is 3.89. The molecule has 106 valence electrons. The van der Waals surface area contributed by atoms with Crippen molar-refractivity contribution in [2.75, 3.05) is 6.54 Å². The zero-order valence-corrected chi connectivity index (χ0v) is 13.6. The zero-order valence-electron chi connectivity index (χ0n) is 11.2. The SMILES string of the molecule is CCCNCc1ccc(-c2cc(Br)ccc2F)c(Cl)c1. The van der Waals surface area contributed by atoms with Gasteiger partial charge in [0, 0.05) is 27.2 Å². The molecule has 0 heterocycles. The third-order valence-corrected chi connectivity index (χ3v) is 3.81. The van der Waals surface area contributed by atoms with Crippen LogP contribution in [0.15, 0.2) is 40.9 Å². The van der Waals surface area contributed by atoms with E-state index in [1.54, 1.807) is 12.1 Å². The van der Waals surface area contributed by atoms with Crippen molar-refractivity contribution in [2.24, 2.45) is 0 Å². The highest BCUT2D eigenvalue weighted by Crippen LogP contribution is 2.32. The molecule has 1 N–H and O–H groups in total. The highest BCUT2D eigenvalue weighted by Gasteiger charge is 2.10. The van der Waals surface area contributed by atoms with Gasteiger partial charge in [-0.3, -0.25) is 0 Å². The highest BCUT2D eigenvalue weighted by molar-refractivity contribution is 9.10. The average Bonchev–Trinajstić information content (AvgIpc) is 2.42. The molecule has 0 aromatic heterocycles. The van der Waals surface area contributed by atoms with E-state index in [9.17, 15) is 4.39 Å². The van der Waals surface area contributed by atoms with Crippen molar-refractivity contribution in [1.29, 1.82) is 0 Å². The van der Waals surface area contributed by atoms with Crippen LogP contribution in [-0.4, -0.2) is 6.54 Å². The monoisotopic (exact) mass is 355 g/mol. The summed E-state index contributed by atoms with van der Waals surface area (Å²) >= 11 is 9.65. The van der Waals surface area contributed by atoms with Gasteiger partial charge in [-0.05, 0) is 42.8 Å². The summed E-state index contributed by atoms with van der Waals surface area (Å²) < 4.78 is 14.7. The Bertz CT molecular complexity index is 601. The summed E-state index contributed by atoms with van der Waals surface area (Å²) in [6.45, 7) is 3.87. The van der Waals surface area contributed by atoms with Crippen molar-refractivity contribution < 1.29 is 4.39 Å². The molecule has 2 aromatic rings. The topological polar surface area (TPSA) is 12.0 Å². The van der Waals surface area contributed by atoms with Gasteiger partial charge in [0.15, 0.2) is 0 Å². The summed E-state index contributed by atoms with van der Waals surface area (Å²) in [7, 11) is 0. The normalized spacial score (nSPS) is 10.8. The predicted molar refractivity (Wildman–Crippen MR) is 86.5 cm³/mol. The van der Waals surface area contributed by atoms with Gasteiger partial charge >= 0.3 is 0 Å². The molecule has 0 aliphatic rings. The largest absolute Gasteiger partial charge is 0.313 e. The van der Waals surface area contributed by atoms with Crippen molar-refractivity contribution in [1.82, 2.24) is 5.32 Å². The number of nitrogens with one attached hydrogen (secondary N) is 1. The van der Waals surface area contributed by atoms with Gasteiger partial charge < -0.3 is 5.32 Å². The van der Waals surface area contributed by atoms with E-state index in [0.717, 1.165) is 29.5 Å². The smallest absolute Gasteiger partial charge is 0.131 e. The van der Waals surface area contributed by atoms with Crippen LogP contribution in [-0.2, 0) is 6.54 Å². The van der Waals surface area contributed by atoms with Crippen LogP contribution in [0.2, 0.25) is 5.02 Å². The molecule has 0 unspecified atom stereocenters. The molecular formula is C16H16BrClFN. The maximum absolute atomic E-state index is 13.9. The Balaban J connectivity index is 2.27. The van der Waals surface area contributed by atoms with Gasteiger partial charge in [0.1, 0.15) is 5.82 Å². The van der Waals surface area contributed by atoms with Crippen LogP contribution >= 0.6 is 27.5 Å². The molecule has 0 bridgehead atoms. The number of hydrogen-bond donors (Lipinski definition) is 1. The third kappa shape index (κ3) is 3.81. The fourth-order valence-electron chi connectivity index (χ4n) is 2.00. The van der Waals surface area contributed by atoms with Gasteiger partial charge in [0.25, 0.3) is 0 Å². The highest BCUT2D eigenvalue weighted by atomic mass is 79.9. The van der Waals surface area contributed by atoms with E-state index in [4.69, 9.17) is 11.6 Å². The first-order valence-electron chi connectivity index (χ1n) is 6.56. The summed E-state index contributed by atoms with van der Waals surface area (Å²) in [4.78, 5) is 0. The molecule has 0 saturated heterocycles. The van der Waals surface area contributed by atoms with E-state index in [2.05, 4.69) is 28.2 Å². The van der Waals surface area contributed by atoms with Crippen molar-refractivity contribution >= 4 is 27.5 Å². The Morgan fingerprint density at radius 3 is 2.65 bits per heavy atom. The molecule has 1 nitrogen and oxygen atoms in total. The molecule has 0 amide bonds. The molecule has 0 fully saturated rings. The number of halogens is 3. The van der Waals surface area contributed by atoms with Gasteiger partial charge in [-0.1, -0.05) is 46.6 Å². The number of hydrogen-bond acceptors (Lipinski definition) is 1. The Morgan fingerprint density at radius 2 is 1.95 bits per heavy atom. The Hall–Kier alpha value is -0.900. The predicted octanol–water partition coefficient (Wildman–Crippen LogP) is 5.41. The lowest BCUT2D eigenvalue weighted by molar-refractivity contribution is 0.631. The molecule has 0 aliphatic carbocycles. The third-order valence-electron chi connectivity index (χ3n) is 3.01. The lowest BCUT2D eigenvalue weighted by Gasteiger charge is -2.09. The first-order valence-corrected chi connectivity index (χ1v) is 7.73. The zero-order chi connectivity index (χ0) is 14.5. The van der Waals surface area contributed by atoms with Crippen LogP contribution in [0.3, 0.4) is 0 Å². The molecular weight excluding hydrogens is 341 g/mol. The van der Waals surface area contributed by atoms with Crippen molar-refractivity contribution in [3.63, 3.8) is 0 Å². The van der Waals surface area contributed by atoms with E-state index in [0.29, 0.717) is 16.1 Å². The Morgan fingerprint density at radius 1 is 1.15 bits per heavy atom. The molecule has 0 aliphatic heterocycles. The second-order valence-electron chi connectivity index (χ2n) is 4.62. The summed E-state index contributed by atoms with van der Waals surface area (Å²) in [6, 6.07) is 10.6. The van der Waals surface area contributed by atoms with Gasteiger partial charge in [-0.15, -0.1) is 0 Å². The first kappa shape index (κ1) is 15.5. The minimum atomic E-state index is -0.271. The van der Waals surface area contributed by atoms with Crippen LogP contribution < -0.4 is 5.32 Å². The number of benzene rings is 2. The van der Waals surface area contributed by atoms with E-state index in [1.807, 2.05) is 18.2 Å². The lowest BCUT2D eigenvalue weighted by Crippen LogP contribution is -2.13. The fourth-order valence-corrected chi connectivity index (χ4v) is 2.67. The van der Waals surface area contributed by atoms with Crippen LogP contribution in [0.4, 0.5) is 4.39 Å². The summed E-state index contributed by atoms with van der Waals surface area (Å²) in [5.41, 5.74) is 2.32. The van der Waals surface area contributed by atoms with Crippen LogP contribution in [0.25, 0.3) is 11.1 Å². The van der Waals surface area contributed by atoms with Crippen molar-refractivity contribution in [3.8, 4) is 11.1 Å². The lowest BCUT2D eigenvalue weighted by atomic mass is 10.0. The van der Waals surface area contributed by atoms with E-state index in [1.165, 1.54) is 6.07 Å². The fraction of sp³-hybridized carbons (Fsp3) is 0.250. The standard InChI is InChI=1S/C16H16BrClFN/c1-2-7-20-10-11-3-5-13(15(18)8-11)14-9-12(17)4-6-16(14)19/h3-6,8-9,20H,2,7,10H2,1H3.